The maximum atomic E-state index is 10.9. The molecular weight excluding hydrogens is 216 g/mol. The van der Waals surface area contributed by atoms with Crippen LogP contribution in [0.3, 0.4) is 0 Å². The highest BCUT2D eigenvalue weighted by atomic mass is 16.1. The Balaban J connectivity index is 2.63. The van der Waals surface area contributed by atoms with Gasteiger partial charge in [-0.2, -0.15) is 5.10 Å². The van der Waals surface area contributed by atoms with Crippen LogP contribution in [0.1, 0.15) is 33.1 Å². The second-order valence-electron chi connectivity index (χ2n) is 4.06. The minimum atomic E-state index is 0.510. The molecule has 2 heterocycles. The summed E-state index contributed by atoms with van der Waals surface area (Å²) in [5, 5.41) is 8.12. The number of aromatic nitrogens is 4. The average molecular weight is 230 g/mol. The first-order chi connectivity index (χ1) is 8.04. The Labute approximate surface area is 99.5 Å². The third-order valence-electron chi connectivity index (χ3n) is 2.88. The lowest BCUT2D eigenvalue weighted by Crippen LogP contribution is -2.08. The summed E-state index contributed by atoms with van der Waals surface area (Å²) in [4.78, 5) is 15.3. The number of hydrogen-bond donors (Lipinski definition) is 0. The molecule has 2 aromatic rings. The first-order valence-corrected chi connectivity index (χ1v) is 5.37. The smallest absolute Gasteiger partial charge is 0.254 e. The lowest BCUT2D eigenvalue weighted by molar-refractivity contribution is 0.112. The van der Waals surface area contributed by atoms with Crippen molar-refractivity contribution < 1.29 is 4.79 Å². The quantitative estimate of drug-likeness (QED) is 0.737. The molecule has 0 amide bonds. The van der Waals surface area contributed by atoms with Gasteiger partial charge in [0.1, 0.15) is 0 Å². The minimum absolute atomic E-state index is 0.510. The summed E-state index contributed by atoms with van der Waals surface area (Å²) in [6, 6.07) is 1.82. The molecule has 2 rings (SSSR count). The number of hydrogen-bond acceptors (Lipinski definition) is 4. The molecule has 0 spiro atoms. The van der Waals surface area contributed by atoms with Crippen LogP contribution in [0.5, 0.6) is 0 Å². The van der Waals surface area contributed by atoms with Gasteiger partial charge in [0.2, 0.25) is 0 Å². The number of rotatable bonds is 2. The van der Waals surface area contributed by atoms with E-state index in [9.17, 15) is 4.79 Å². The molecule has 0 fully saturated rings. The summed E-state index contributed by atoms with van der Waals surface area (Å²) in [6.45, 7) is 7.54. The largest absolute Gasteiger partial charge is 0.298 e. The Morgan fingerprint density at radius 2 is 1.82 bits per heavy atom. The lowest BCUT2D eigenvalue weighted by atomic mass is 10.3. The van der Waals surface area contributed by atoms with Crippen LogP contribution in [-0.4, -0.2) is 26.0 Å². The van der Waals surface area contributed by atoms with Crippen LogP contribution in [0.4, 0.5) is 0 Å². The van der Waals surface area contributed by atoms with Gasteiger partial charge >= 0.3 is 0 Å². The molecule has 0 bridgehead atoms. The predicted molar refractivity (Wildman–Crippen MR) is 63.5 cm³/mol. The van der Waals surface area contributed by atoms with E-state index in [0.717, 1.165) is 29.1 Å². The number of carbonyl (C=O) groups excluding carboxylic acids is 1. The van der Waals surface area contributed by atoms with Gasteiger partial charge in [-0.05, 0) is 33.8 Å². The van der Waals surface area contributed by atoms with Gasteiger partial charge in [-0.25, -0.2) is 4.98 Å². The van der Waals surface area contributed by atoms with Crippen LogP contribution in [0.2, 0.25) is 0 Å². The molecule has 5 heteroatoms. The molecular formula is C12H14N4O. The summed E-state index contributed by atoms with van der Waals surface area (Å²) in [7, 11) is 0. The molecule has 0 saturated carbocycles. The Hall–Kier alpha value is -2.04. The zero-order chi connectivity index (χ0) is 12.6. The molecule has 2 aromatic heterocycles. The number of aldehydes is 1. The van der Waals surface area contributed by atoms with E-state index in [4.69, 9.17) is 0 Å². The predicted octanol–water partition coefficient (Wildman–Crippen LogP) is 1.71. The molecule has 17 heavy (non-hydrogen) atoms. The molecule has 0 aliphatic rings. The molecule has 0 aromatic carbocycles. The molecule has 0 radical (unpaired) electrons. The highest BCUT2D eigenvalue weighted by Gasteiger charge is 2.13. The fraction of sp³-hybridized carbons (Fsp3) is 0.333. The van der Waals surface area contributed by atoms with Crippen molar-refractivity contribution in [3.8, 4) is 5.95 Å². The van der Waals surface area contributed by atoms with Crippen LogP contribution in [-0.2, 0) is 0 Å². The maximum absolute atomic E-state index is 10.9. The van der Waals surface area contributed by atoms with E-state index in [-0.39, 0.29) is 0 Å². The van der Waals surface area contributed by atoms with Crippen molar-refractivity contribution >= 4 is 6.29 Å². The summed E-state index contributed by atoms with van der Waals surface area (Å²) in [6.07, 6.45) is 0.841. The second kappa shape index (κ2) is 4.08. The van der Waals surface area contributed by atoms with E-state index in [1.807, 2.05) is 38.3 Å². The van der Waals surface area contributed by atoms with E-state index >= 15 is 0 Å². The van der Waals surface area contributed by atoms with E-state index in [0.29, 0.717) is 11.5 Å². The normalized spacial score (nSPS) is 10.6. The summed E-state index contributed by atoms with van der Waals surface area (Å²) in [5.41, 5.74) is 4.07. The van der Waals surface area contributed by atoms with Gasteiger partial charge in [-0.15, -0.1) is 5.10 Å². The van der Waals surface area contributed by atoms with Crippen molar-refractivity contribution in [3.63, 3.8) is 0 Å². The van der Waals surface area contributed by atoms with Crippen LogP contribution in [0.15, 0.2) is 6.07 Å². The number of aryl methyl sites for hydroxylation is 3. The Morgan fingerprint density at radius 3 is 2.35 bits per heavy atom. The summed E-state index contributed by atoms with van der Waals surface area (Å²) in [5.74, 6) is 0.510. The van der Waals surface area contributed by atoms with Crippen LogP contribution < -0.4 is 0 Å². The molecule has 0 aliphatic heterocycles. The topological polar surface area (TPSA) is 60.7 Å². The zero-order valence-electron chi connectivity index (χ0n) is 10.4. The van der Waals surface area contributed by atoms with Crippen LogP contribution >= 0.6 is 0 Å². The fourth-order valence-corrected chi connectivity index (χ4v) is 1.75. The van der Waals surface area contributed by atoms with E-state index in [2.05, 4.69) is 15.2 Å². The molecule has 5 nitrogen and oxygen atoms in total. The van der Waals surface area contributed by atoms with Gasteiger partial charge in [0.05, 0.1) is 11.4 Å². The lowest BCUT2D eigenvalue weighted by Gasteiger charge is -2.07. The number of nitrogens with zero attached hydrogens (tertiary/aromatic N) is 4. The minimum Gasteiger partial charge on any atom is -0.298 e. The third kappa shape index (κ3) is 1.84. The standard InChI is InChI=1S/C12H14N4O/c1-7-5-11(6-17)10(4)16(7)12-13-8(2)9(3)14-15-12/h5-6H,1-4H3. The monoisotopic (exact) mass is 230 g/mol. The Morgan fingerprint density at radius 1 is 1.12 bits per heavy atom. The van der Waals surface area contributed by atoms with Gasteiger partial charge in [0, 0.05) is 17.0 Å². The molecule has 0 unspecified atom stereocenters. The molecule has 0 atom stereocenters. The first kappa shape index (κ1) is 11.4. The van der Waals surface area contributed by atoms with Gasteiger partial charge in [0.15, 0.2) is 6.29 Å². The van der Waals surface area contributed by atoms with Gasteiger partial charge in [-0.3, -0.25) is 9.36 Å². The Bertz CT molecular complexity index is 586. The van der Waals surface area contributed by atoms with Crippen molar-refractivity contribution in [2.45, 2.75) is 27.7 Å². The van der Waals surface area contributed by atoms with Crippen molar-refractivity contribution in [1.82, 2.24) is 19.7 Å². The van der Waals surface area contributed by atoms with Crippen molar-refractivity contribution in [3.05, 3.63) is 34.4 Å². The third-order valence-corrected chi connectivity index (χ3v) is 2.88. The summed E-state index contributed by atoms with van der Waals surface area (Å²) < 4.78 is 1.84. The SMILES string of the molecule is Cc1nnc(-n2c(C)cc(C=O)c2C)nc1C. The van der Waals surface area contributed by atoms with E-state index in [1.165, 1.54) is 0 Å². The fourth-order valence-electron chi connectivity index (χ4n) is 1.75. The maximum Gasteiger partial charge on any atom is 0.254 e. The van der Waals surface area contributed by atoms with Gasteiger partial charge < -0.3 is 0 Å². The van der Waals surface area contributed by atoms with Gasteiger partial charge in [-0.1, -0.05) is 0 Å². The van der Waals surface area contributed by atoms with Crippen LogP contribution in [0.25, 0.3) is 5.95 Å². The van der Waals surface area contributed by atoms with E-state index in [1.54, 1.807) is 0 Å². The Kier molecular flexibility index (Phi) is 2.75. The molecule has 0 N–H and O–H groups in total. The van der Waals surface area contributed by atoms with Gasteiger partial charge in [0.25, 0.3) is 5.95 Å². The summed E-state index contributed by atoms with van der Waals surface area (Å²) >= 11 is 0. The van der Waals surface area contributed by atoms with Crippen molar-refractivity contribution in [2.75, 3.05) is 0 Å². The molecule has 0 saturated heterocycles. The molecule has 0 aliphatic carbocycles. The highest BCUT2D eigenvalue weighted by Crippen LogP contribution is 2.16. The molecule has 88 valence electrons. The average Bonchev–Trinajstić information content (AvgIpc) is 2.58. The number of carbonyl (C=O) groups is 1. The first-order valence-electron chi connectivity index (χ1n) is 5.37. The van der Waals surface area contributed by atoms with Crippen molar-refractivity contribution in [2.24, 2.45) is 0 Å². The van der Waals surface area contributed by atoms with Crippen LogP contribution in [0, 0.1) is 27.7 Å². The van der Waals surface area contributed by atoms with E-state index < -0.39 is 0 Å². The zero-order valence-corrected chi connectivity index (χ0v) is 10.4. The highest BCUT2D eigenvalue weighted by molar-refractivity contribution is 5.77. The second-order valence-corrected chi connectivity index (χ2v) is 4.06. The van der Waals surface area contributed by atoms with Crippen molar-refractivity contribution in [1.29, 1.82) is 0 Å².